The molecule has 0 bridgehead atoms. The quantitative estimate of drug-likeness (QED) is 0.666. The Balaban J connectivity index is 1.73. The number of amides is 1. The Hall–Kier alpha value is -2.60. The predicted molar refractivity (Wildman–Crippen MR) is 92.4 cm³/mol. The van der Waals surface area contributed by atoms with Gasteiger partial charge in [0.25, 0.3) is 5.91 Å². The SMILES string of the molecule is O=C(NCc1ccccc1)c1ccc(-c2cccc(C(F)(F)F)c2)s1. The van der Waals surface area contributed by atoms with Gasteiger partial charge >= 0.3 is 6.18 Å². The molecular weight excluding hydrogens is 347 g/mol. The van der Waals surface area contributed by atoms with Gasteiger partial charge in [-0.3, -0.25) is 4.79 Å². The number of alkyl halides is 3. The molecule has 2 aromatic carbocycles. The van der Waals surface area contributed by atoms with Crippen molar-refractivity contribution in [1.82, 2.24) is 5.32 Å². The zero-order chi connectivity index (χ0) is 17.9. The summed E-state index contributed by atoms with van der Waals surface area (Å²) in [4.78, 5) is 13.3. The molecule has 0 aliphatic heterocycles. The Morgan fingerprint density at radius 3 is 2.44 bits per heavy atom. The highest BCUT2D eigenvalue weighted by molar-refractivity contribution is 7.17. The minimum absolute atomic E-state index is 0.243. The molecule has 0 atom stereocenters. The Morgan fingerprint density at radius 1 is 0.960 bits per heavy atom. The summed E-state index contributed by atoms with van der Waals surface area (Å²) in [5.74, 6) is -0.243. The predicted octanol–water partition coefficient (Wildman–Crippen LogP) is 5.36. The Kier molecular flexibility index (Phi) is 4.90. The summed E-state index contributed by atoms with van der Waals surface area (Å²) in [5.41, 5.74) is 0.723. The minimum Gasteiger partial charge on any atom is -0.347 e. The number of carbonyl (C=O) groups is 1. The van der Waals surface area contributed by atoms with E-state index in [0.717, 1.165) is 17.7 Å². The largest absolute Gasteiger partial charge is 0.416 e. The molecule has 2 nitrogen and oxygen atoms in total. The molecule has 25 heavy (non-hydrogen) atoms. The molecule has 3 rings (SSSR count). The van der Waals surface area contributed by atoms with Crippen molar-refractivity contribution >= 4 is 17.2 Å². The molecule has 0 spiro atoms. The van der Waals surface area contributed by atoms with Crippen molar-refractivity contribution in [3.8, 4) is 10.4 Å². The van der Waals surface area contributed by atoms with Crippen molar-refractivity contribution in [2.24, 2.45) is 0 Å². The summed E-state index contributed by atoms with van der Waals surface area (Å²) in [6.07, 6.45) is -4.39. The van der Waals surface area contributed by atoms with Crippen LogP contribution in [0.5, 0.6) is 0 Å². The monoisotopic (exact) mass is 361 g/mol. The minimum atomic E-state index is -4.39. The molecule has 0 aliphatic carbocycles. The Morgan fingerprint density at radius 2 is 1.72 bits per heavy atom. The summed E-state index contributed by atoms with van der Waals surface area (Å²) in [6, 6.07) is 17.9. The fraction of sp³-hybridized carbons (Fsp3) is 0.105. The Labute approximate surface area is 146 Å². The second-order valence-corrected chi connectivity index (χ2v) is 6.49. The van der Waals surface area contributed by atoms with E-state index >= 15 is 0 Å². The van der Waals surface area contributed by atoms with E-state index in [9.17, 15) is 18.0 Å². The van der Waals surface area contributed by atoms with E-state index in [2.05, 4.69) is 5.32 Å². The number of thiophene rings is 1. The van der Waals surface area contributed by atoms with Crippen LogP contribution >= 0.6 is 11.3 Å². The highest BCUT2D eigenvalue weighted by Gasteiger charge is 2.30. The van der Waals surface area contributed by atoms with Gasteiger partial charge in [-0.25, -0.2) is 0 Å². The van der Waals surface area contributed by atoms with E-state index in [1.807, 2.05) is 30.3 Å². The second kappa shape index (κ2) is 7.11. The number of nitrogens with one attached hydrogen (secondary N) is 1. The third-order valence-electron chi connectivity index (χ3n) is 3.60. The van der Waals surface area contributed by atoms with E-state index in [0.29, 0.717) is 21.9 Å². The fourth-order valence-electron chi connectivity index (χ4n) is 2.33. The number of hydrogen-bond donors (Lipinski definition) is 1. The van der Waals surface area contributed by atoms with Crippen molar-refractivity contribution in [2.75, 3.05) is 0 Å². The topological polar surface area (TPSA) is 29.1 Å². The lowest BCUT2D eigenvalue weighted by Crippen LogP contribution is -2.21. The van der Waals surface area contributed by atoms with Crippen LogP contribution in [0.2, 0.25) is 0 Å². The van der Waals surface area contributed by atoms with Crippen molar-refractivity contribution < 1.29 is 18.0 Å². The second-order valence-electron chi connectivity index (χ2n) is 5.41. The van der Waals surface area contributed by atoms with Crippen LogP contribution in [0.15, 0.2) is 66.7 Å². The lowest BCUT2D eigenvalue weighted by atomic mass is 10.1. The molecule has 0 radical (unpaired) electrons. The average Bonchev–Trinajstić information content (AvgIpc) is 3.10. The van der Waals surface area contributed by atoms with Gasteiger partial charge in [0.05, 0.1) is 10.4 Å². The van der Waals surface area contributed by atoms with Gasteiger partial charge in [-0.2, -0.15) is 13.2 Å². The van der Waals surface area contributed by atoms with Crippen LogP contribution in [0.25, 0.3) is 10.4 Å². The van der Waals surface area contributed by atoms with Gasteiger partial charge in [-0.1, -0.05) is 42.5 Å². The summed E-state index contributed by atoms with van der Waals surface area (Å²) in [7, 11) is 0. The van der Waals surface area contributed by atoms with Crippen LogP contribution < -0.4 is 5.32 Å². The number of rotatable bonds is 4. The summed E-state index contributed by atoms with van der Waals surface area (Å²) >= 11 is 1.17. The highest BCUT2D eigenvalue weighted by Crippen LogP contribution is 2.34. The summed E-state index contributed by atoms with van der Waals surface area (Å²) in [6.45, 7) is 0.399. The smallest absolute Gasteiger partial charge is 0.347 e. The molecular formula is C19H14F3NOS. The molecule has 0 fully saturated rings. The third kappa shape index (κ3) is 4.28. The summed E-state index contributed by atoms with van der Waals surface area (Å²) in [5, 5.41) is 2.81. The first-order chi connectivity index (χ1) is 11.9. The van der Waals surface area contributed by atoms with Crippen LogP contribution in [-0.2, 0) is 12.7 Å². The molecule has 0 aliphatic rings. The number of halogens is 3. The molecule has 128 valence electrons. The maximum absolute atomic E-state index is 12.8. The van der Waals surface area contributed by atoms with E-state index in [-0.39, 0.29) is 5.91 Å². The molecule has 6 heteroatoms. The molecule has 1 N–H and O–H groups in total. The maximum atomic E-state index is 12.8. The van der Waals surface area contributed by atoms with Crippen LogP contribution in [0.4, 0.5) is 13.2 Å². The molecule has 1 aromatic heterocycles. The number of carbonyl (C=O) groups excluding carboxylic acids is 1. The molecule has 1 heterocycles. The van der Waals surface area contributed by atoms with Gasteiger partial charge < -0.3 is 5.32 Å². The third-order valence-corrected chi connectivity index (χ3v) is 4.73. The first-order valence-electron chi connectivity index (χ1n) is 7.53. The van der Waals surface area contributed by atoms with Crippen LogP contribution in [0.3, 0.4) is 0 Å². The Bertz CT molecular complexity index is 872. The first-order valence-corrected chi connectivity index (χ1v) is 8.35. The zero-order valence-corrected chi connectivity index (χ0v) is 13.8. The van der Waals surface area contributed by atoms with Crippen LogP contribution in [0.1, 0.15) is 20.8 Å². The van der Waals surface area contributed by atoms with Crippen molar-refractivity contribution in [3.05, 3.63) is 82.7 Å². The molecule has 0 unspecified atom stereocenters. The zero-order valence-electron chi connectivity index (χ0n) is 13.0. The van der Waals surface area contributed by atoms with Crippen LogP contribution in [0, 0.1) is 0 Å². The van der Waals surface area contributed by atoms with E-state index in [1.54, 1.807) is 18.2 Å². The van der Waals surface area contributed by atoms with E-state index in [4.69, 9.17) is 0 Å². The molecule has 0 saturated heterocycles. The highest BCUT2D eigenvalue weighted by atomic mass is 32.1. The number of hydrogen-bond acceptors (Lipinski definition) is 2. The number of benzene rings is 2. The fourth-order valence-corrected chi connectivity index (χ4v) is 3.25. The molecule has 0 saturated carbocycles. The van der Waals surface area contributed by atoms with Crippen molar-refractivity contribution in [2.45, 2.75) is 12.7 Å². The van der Waals surface area contributed by atoms with Gasteiger partial charge in [0, 0.05) is 11.4 Å². The summed E-state index contributed by atoms with van der Waals surface area (Å²) < 4.78 is 38.5. The van der Waals surface area contributed by atoms with Gasteiger partial charge in [-0.15, -0.1) is 11.3 Å². The normalized spacial score (nSPS) is 11.3. The van der Waals surface area contributed by atoms with Crippen LogP contribution in [-0.4, -0.2) is 5.91 Å². The van der Waals surface area contributed by atoms with E-state index < -0.39 is 11.7 Å². The standard InChI is InChI=1S/C19H14F3NOS/c20-19(21,22)15-8-4-7-14(11-15)16-9-10-17(25-16)18(24)23-12-13-5-2-1-3-6-13/h1-11H,12H2,(H,23,24). The first kappa shape index (κ1) is 17.2. The lowest BCUT2D eigenvalue weighted by molar-refractivity contribution is -0.137. The van der Waals surface area contributed by atoms with Gasteiger partial charge in [0.15, 0.2) is 0 Å². The van der Waals surface area contributed by atoms with Gasteiger partial charge in [-0.05, 0) is 35.4 Å². The lowest BCUT2D eigenvalue weighted by Gasteiger charge is -2.07. The molecule has 1 amide bonds. The average molecular weight is 361 g/mol. The van der Waals surface area contributed by atoms with E-state index in [1.165, 1.54) is 17.4 Å². The van der Waals surface area contributed by atoms with Crippen molar-refractivity contribution in [1.29, 1.82) is 0 Å². The van der Waals surface area contributed by atoms with Gasteiger partial charge in [0.1, 0.15) is 0 Å². The molecule has 3 aromatic rings. The van der Waals surface area contributed by atoms with Gasteiger partial charge in [0.2, 0.25) is 0 Å². The maximum Gasteiger partial charge on any atom is 0.416 e. The van der Waals surface area contributed by atoms with Crippen molar-refractivity contribution in [3.63, 3.8) is 0 Å².